The molecule has 146 valence electrons. The van der Waals surface area contributed by atoms with E-state index in [0.717, 1.165) is 40.7 Å². The first-order chi connectivity index (χ1) is 14.1. The molecule has 4 aromatic rings. The molecule has 0 bridgehead atoms. The maximum absolute atomic E-state index is 12.4. The highest BCUT2D eigenvalue weighted by atomic mass is 16.2. The Morgan fingerprint density at radius 1 is 1.10 bits per heavy atom. The molecular formula is C23H22N4O2. The Balaban J connectivity index is 1.36. The van der Waals surface area contributed by atoms with E-state index in [9.17, 15) is 9.59 Å². The number of hydrogen-bond donors (Lipinski definition) is 2. The van der Waals surface area contributed by atoms with Gasteiger partial charge in [-0.3, -0.25) is 9.59 Å². The Hall–Kier alpha value is -3.67. The van der Waals surface area contributed by atoms with Gasteiger partial charge < -0.3 is 10.3 Å². The molecular weight excluding hydrogens is 364 g/mol. The number of H-pyrrole nitrogens is 1. The number of fused-ring (bicyclic) bond motifs is 1. The number of hydrogen-bond acceptors (Lipinski definition) is 3. The van der Waals surface area contributed by atoms with Crippen LogP contribution in [-0.4, -0.2) is 27.2 Å². The molecule has 4 rings (SSSR count). The van der Waals surface area contributed by atoms with Crippen LogP contribution in [0.4, 0.5) is 0 Å². The van der Waals surface area contributed by atoms with Gasteiger partial charge in [0, 0.05) is 18.3 Å². The molecule has 1 amide bonds. The lowest BCUT2D eigenvalue weighted by atomic mass is 10.1. The molecule has 0 unspecified atom stereocenters. The topological polar surface area (TPSA) is 79.8 Å². The SMILES string of the molecule is Cc1nn(-c2ccccc2)cc1CCCNC(=O)c1cc2ccccc2[nH]c1=O. The molecule has 2 aromatic heterocycles. The van der Waals surface area contributed by atoms with Gasteiger partial charge in [-0.1, -0.05) is 36.4 Å². The molecule has 0 aliphatic heterocycles. The van der Waals surface area contributed by atoms with Crippen LogP contribution < -0.4 is 10.9 Å². The highest BCUT2D eigenvalue weighted by Gasteiger charge is 2.12. The minimum Gasteiger partial charge on any atom is -0.352 e. The van der Waals surface area contributed by atoms with E-state index >= 15 is 0 Å². The second-order valence-corrected chi connectivity index (χ2v) is 6.98. The van der Waals surface area contributed by atoms with Crippen molar-refractivity contribution in [2.24, 2.45) is 0 Å². The molecule has 0 spiro atoms. The van der Waals surface area contributed by atoms with Gasteiger partial charge in [0.1, 0.15) is 5.56 Å². The molecule has 6 heteroatoms. The van der Waals surface area contributed by atoms with Crippen LogP contribution in [0.15, 0.2) is 71.7 Å². The number of nitrogens with zero attached hydrogens (tertiary/aromatic N) is 2. The maximum atomic E-state index is 12.4. The van der Waals surface area contributed by atoms with Gasteiger partial charge in [0.25, 0.3) is 11.5 Å². The van der Waals surface area contributed by atoms with Crippen LogP contribution >= 0.6 is 0 Å². The van der Waals surface area contributed by atoms with E-state index in [2.05, 4.69) is 15.4 Å². The molecule has 0 saturated carbocycles. The van der Waals surface area contributed by atoms with Crippen LogP contribution in [0.2, 0.25) is 0 Å². The van der Waals surface area contributed by atoms with E-state index in [1.54, 1.807) is 6.07 Å². The van der Waals surface area contributed by atoms with Gasteiger partial charge in [-0.05, 0) is 55.0 Å². The molecule has 0 radical (unpaired) electrons. The molecule has 0 aliphatic rings. The van der Waals surface area contributed by atoms with Crippen LogP contribution in [0.1, 0.15) is 28.0 Å². The zero-order chi connectivity index (χ0) is 20.2. The fourth-order valence-electron chi connectivity index (χ4n) is 3.35. The van der Waals surface area contributed by atoms with Gasteiger partial charge in [-0.2, -0.15) is 5.10 Å². The van der Waals surface area contributed by atoms with Crippen molar-refractivity contribution in [3.8, 4) is 5.69 Å². The third kappa shape index (κ3) is 4.11. The van der Waals surface area contributed by atoms with Crippen molar-refractivity contribution < 1.29 is 4.79 Å². The van der Waals surface area contributed by atoms with Crippen molar-refractivity contribution in [1.29, 1.82) is 0 Å². The smallest absolute Gasteiger partial charge is 0.261 e. The van der Waals surface area contributed by atoms with Crippen LogP contribution in [0.5, 0.6) is 0 Å². The zero-order valence-corrected chi connectivity index (χ0v) is 16.2. The van der Waals surface area contributed by atoms with Crippen LogP contribution in [-0.2, 0) is 6.42 Å². The summed E-state index contributed by atoms with van der Waals surface area (Å²) in [5.74, 6) is -0.353. The number of carbonyl (C=O) groups excluding carboxylic acids is 1. The lowest BCUT2D eigenvalue weighted by Crippen LogP contribution is -2.30. The highest BCUT2D eigenvalue weighted by molar-refractivity contribution is 5.97. The molecule has 0 fully saturated rings. The van der Waals surface area contributed by atoms with Crippen molar-refractivity contribution in [1.82, 2.24) is 20.1 Å². The fourth-order valence-corrected chi connectivity index (χ4v) is 3.35. The number of aromatic amines is 1. The number of carbonyl (C=O) groups is 1. The number of nitrogens with one attached hydrogen (secondary N) is 2. The van der Waals surface area contributed by atoms with Crippen LogP contribution in [0, 0.1) is 6.92 Å². The Morgan fingerprint density at radius 3 is 2.69 bits per heavy atom. The number of aromatic nitrogens is 3. The van der Waals surface area contributed by atoms with Gasteiger partial charge in [-0.25, -0.2) is 4.68 Å². The molecule has 29 heavy (non-hydrogen) atoms. The third-order valence-electron chi connectivity index (χ3n) is 4.93. The first kappa shape index (κ1) is 18.7. The Morgan fingerprint density at radius 2 is 1.86 bits per heavy atom. The second kappa shape index (κ2) is 8.14. The molecule has 0 saturated heterocycles. The number of rotatable bonds is 6. The quantitative estimate of drug-likeness (QED) is 0.499. The van der Waals surface area contributed by atoms with Crippen molar-refractivity contribution in [3.05, 3.63) is 94.0 Å². The van der Waals surface area contributed by atoms with Gasteiger partial charge in [0.2, 0.25) is 0 Å². The van der Waals surface area contributed by atoms with E-state index in [4.69, 9.17) is 0 Å². The molecule has 0 aliphatic carbocycles. The fraction of sp³-hybridized carbons (Fsp3) is 0.174. The van der Waals surface area contributed by atoms with E-state index in [-0.39, 0.29) is 17.0 Å². The Bertz CT molecular complexity index is 1210. The van der Waals surface area contributed by atoms with Crippen molar-refractivity contribution >= 4 is 16.8 Å². The lowest BCUT2D eigenvalue weighted by molar-refractivity contribution is 0.0952. The van der Waals surface area contributed by atoms with Gasteiger partial charge in [0.05, 0.1) is 11.4 Å². The van der Waals surface area contributed by atoms with Gasteiger partial charge in [-0.15, -0.1) is 0 Å². The minimum atomic E-state index is -0.374. The highest BCUT2D eigenvalue weighted by Crippen LogP contribution is 2.13. The van der Waals surface area contributed by atoms with Gasteiger partial charge >= 0.3 is 0 Å². The summed E-state index contributed by atoms with van der Waals surface area (Å²) in [4.78, 5) is 27.4. The first-order valence-electron chi connectivity index (χ1n) is 9.62. The molecule has 2 N–H and O–H groups in total. The molecule has 2 heterocycles. The summed E-state index contributed by atoms with van der Waals surface area (Å²) in [5, 5.41) is 8.25. The standard InChI is InChI=1S/C23H22N4O2/c1-16-18(15-27(26-16)19-10-3-2-4-11-19)9-7-13-24-22(28)20-14-17-8-5-6-12-21(17)25-23(20)29/h2-6,8,10-12,14-15H,7,9,13H2,1H3,(H,24,28)(H,25,29). The van der Waals surface area contributed by atoms with E-state index in [1.807, 2.05) is 72.4 Å². The first-order valence-corrected chi connectivity index (χ1v) is 9.62. The Kier molecular flexibility index (Phi) is 5.24. The normalized spacial score (nSPS) is 10.9. The average molecular weight is 386 g/mol. The van der Waals surface area contributed by atoms with Gasteiger partial charge in [0.15, 0.2) is 0 Å². The third-order valence-corrected chi connectivity index (χ3v) is 4.93. The summed E-state index contributed by atoms with van der Waals surface area (Å²) < 4.78 is 1.87. The average Bonchev–Trinajstić information content (AvgIpc) is 3.11. The number of pyridine rings is 1. The number of amides is 1. The predicted octanol–water partition coefficient (Wildman–Crippen LogP) is 3.38. The van der Waals surface area contributed by atoms with E-state index in [1.165, 1.54) is 0 Å². The summed E-state index contributed by atoms with van der Waals surface area (Å²) >= 11 is 0. The minimum absolute atomic E-state index is 0.136. The molecule has 0 atom stereocenters. The van der Waals surface area contributed by atoms with Crippen molar-refractivity contribution in [3.63, 3.8) is 0 Å². The van der Waals surface area contributed by atoms with E-state index < -0.39 is 0 Å². The predicted molar refractivity (Wildman–Crippen MR) is 114 cm³/mol. The number of para-hydroxylation sites is 2. The van der Waals surface area contributed by atoms with Crippen molar-refractivity contribution in [2.45, 2.75) is 19.8 Å². The maximum Gasteiger partial charge on any atom is 0.261 e. The summed E-state index contributed by atoms with van der Waals surface area (Å²) in [5.41, 5.74) is 3.63. The zero-order valence-electron chi connectivity index (χ0n) is 16.2. The number of aryl methyl sites for hydroxylation is 2. The monoisotopic (exact) mass is 386 g/mol. The van der Waals surface area contributed by atoms with Crippen LogP contribution in [0.3, 0.4) is 0 Å². The largest absolute Gasteiger partial charge is 0.352 e. The number of benzene rings is 2. The summed E-state index contributed by atoms with van der Waals surface area (Å²) in [7, 11) is 0. The molecule has 6 nitrogen and oxygen atoms in total. The van der Waals surface area contributed by atoms with E-state index in [0.29, 0.717) is 6.54 Å². The summed E-state index contributed by atoms with van der Waals surface area (Å²) in [6.45, 7) is 2.48. The lowest BCUT2D eigenvalue weighted by Gasteiger charge is -2.06. The Labute approximate surface area is 168 Å². The van der Waals surface area contributed by atoms with Crippen molar-refractivity contribution in [2.75, 3.05) is 6.54 Å². The molecule has 2 aromatic carbocycles. The summed E-state index contributed by atoms with van der Waals surface area (Å²) in [6.07, 6.45) is 3.59. The second-order valence-electron chi connectivity index (χ2n) is 6.98. The summed E-state index contributed by atoms with van der Waals surface area (Å²) in [6, 6.07) is 19.0. The van der Waals surface area contributed by atoms with Crippen LogP contribution in [0.25, 0.3) is 16.6 Å².